The molecule has 1 atom stereocenters. The van der Waals surface area contributed by atoms with E-state index in [0.29, 0.717) is 13.0 Å². The van der Waals surface area contributed by atoms with Gasteiger partial charge in [0.25, 0.3) is 5.24 Å². The Bertz CT molecular complexity index is 768. The third-order valence-electron chi connectivity index (χ3n) is 4.31. The lowest BCUT2D eigenvalue weighted by Crippen LogP contribution is -2.25. The number of benzene rings is 1. The first-order valence-electron chi connectivity index (χ1n) is 8.97. The summed E-state index contributed by atoms with van der Waals surface area (Å²) in [7, 11) is 2.04. The molecule has 0 radical (unpaired) electrons. The summed E-state index contributed by atoms with van der Waals surface area (Å²) in [4.78, 5) is 29.3. The Balaban J connectivity index is 1.35. The molecule has 2 heterocycles. The van der Waals surface area contributed by atoms with E-state index in [0.717, 1.165) is 48.3 Å². The molecule has 1 aromatic heterocycles. The second-order valence-corrected chi connectivity index (χ2v) is 7.57. The maximum atomic E-state index is 11.6. The van der Waals surface area contributed by atoms with E-state index in [1.54, 1.807) is 6.20 Å². The van der Waals surface area contributed by atoms with Crippen LogP contribution in [0.2, 0.25) is 0 Å². The van der Waals surface area contributed by atoms with Crippen molar-refractivity contribution in [2.75, 3.05) is 25.1 Å². The number of unbranched alkanes of at least 4 members (excludes halogenated alkanes) is 1. The van der Waals surface area contributed by atoms with Crippen LogP contribution >= 0.6 is 11.8 Å². The van der Waals surface area contributed by atoms with E-state index in [1.165, 1.54) is 0 Å². The van der Waals surface area contributed by atoms with Crippen molar-refractivity contribution in [3.63, 3.8) is 0 Å². The number of aromatic nitrogens is 1. The van der Waals surface area contributed by atoms with Crippen LogP contribution in [0, 0.1) is 0 Å². The van der Waals surface area contributed by atoms with Gasteiger partial charge >= 0.3 is 0 Å². The van der Waals surface area contributed by atoms with Gasteiger partial charge in [-0.1, -0.05) is 30.0 Å². The zero-order valence-corrected chi connectivity index (χ0v) is 16.1. The van der Waals surface area contributed by atoms with E-state index >= 15 is 0 Å². The number of nitrogens with zero attached hydrogens (tertiary/aromatic N) is 2. The van der Waals surface area contributed by atoms with Crippen molar-refractivity contribution in [2.45, 2.75) is 24.5 Å². The van der Waals surface area contributed by atoms with Gasteiger partial charge in [-0.15, -0.1) is 0 Å². The van der Waals surface area contributed by atoms with E-state index < -0.39 is 0 Å². The lowest BCUT2D eigenvalue weighted by molar-refractivity contribution is -0.118. The zero-order chi connectivity index (χ0) is 19.1. The Labute approximate surface area is 163 Å². The summed E-state index contributed by atoms with van der Waals surface area (Å²) in [5.74, 6) is 1.59. The SMILES string of the molecule is CN(CCCCOc1ccc(C[C@H]2SC(=O)NC2=O)cc1)c1ccccn1. The summed E-state index contributed by atoms with van der Waals surface area (Å²) in [5, 5.41) is 1.71. The minimum Gasteiger partial charge on any atom is -0.494 e. The number of nitrogens with one attached hydrogen (secondary N) is 1. The quantitative estimate of drug-likeness (QED) is 0.668. The molecule has 0 spiro atoms. The first-order chi connectivity index (χ1) is 13.1. The summed E-state index contributed by atoms with van der Waals surface area (Å²) in [5.41, 5.74) is 1.02. The third kappa shape index (κ3) is 5.72. The number of hydrogen-bond acceptors (Lipinski definition) is 6. The fourth-order valence-electron chi connectivity index (χ4n) is 2.80. The van der Waals surface area contributed by atoms with Gasteiger partial charge in [0.05, 0.1) is 11.9 Å². The first-order valence-corrected chi connectivity index (χ1v) is 9.85. The van der Waals surface area contributed by atoms with Crippen molar-refractivity contribution in [3.05, 3.63) is 54.2 Å². The molecule has 6 nitrogen and oxygen atoms in total. The minimum absolute atomic E-state index is 0.207. The van der Waals surface area contributed by atoms with Crippen LogP contribution in [0.3, 0.4) is 0 Å². The molecule has 1 N–H and O–H groups in total. The lowest BCUT2D eigenvalue weighted by atomic mass is 10.1. The maximum absolute atomic E-state index is 11.6. The molecule has 2 aromatic rings. The molecule has 0 saturated carbocycles. The van der Waals surface area contributed by atoms with Gasteiger partial charge in [0, 0.05) is 19.8 Å². The molecular weight excluding hydrogens is 362 g/mol. The number of amides is 2. The van der Waals surface area contributed by atoms with Gasteiger partial charge in [-0.05, 0) is 49.1 Å². The van der Waals surface area contributed by atoms with Crippen LogP contribution in [0.4, 0.5) is 10.6 Å². The molecule has 1 aliphatic rings. The lowest BCUT2D eigenvalue weighted by Gasteiger charge is -2.17. The molecule has 0 bridgehead atoms. The Morgan fingerprint density at radius 1 is 1.15 bits per heavy atom. The molecule has 1 saturated heterocycles. The predicted molar refractivity (Wildman–Crippen MR) is 107 cm³/mol. The van der Waals surface area contributed by atoms with Crippen LogP contribution in [0.25, 0.3) is 0 Å². The molecule has 0 aliphatic carbocycles. The molecule has 27 heavy (non-hydrogen) atoms. The average Bonchev–Trinajstić information content (AvgIpc) is 3.00. The Kier molecular flexibility index (Phi) is 6.70. The summed E-state index contributed by atoms with van der Waals surface area (Å²) < 4.78 is 5.78. The highest BCUT2D eigenvalue weighted by atomic mass is 32.2. The molecule has 1 aliphatic heterocycles. The van der Waals surface area contributed by atoms with Crippen LogP contribution in [0.5, 0.6) is 5.75 Å². The van der Waals surface area contributed by atoms with E-state index in [1.807, 2.05) is 49.5 Å². The standard InChI is InChI=1S/C20H23N3O3S/c1-23(18-6-2-3-11-21-18)12-4-5-13-26-16-9-7-15(8-10-16)14-17-19(24)22-20(25)27-17/h2-3,6-11,17H,4-5,12-14H2,1H3,(H,22,24,25)/t17-/m1/s1. The number of thioether (sulfide) groups is 1. The Hall–Kier alpha value is -2.54. The van der Waals surface area contributed by atoms with Gasteiger partial charge in [-0.2, -0.15) is 0 Å². The number of carbonyl (C=O) groups excluding carboxylic acids is 2. The second kappa shape index (κ2) is 9.41. The molecule has 0 unspecified atom stereocenters. The molecule has 3 rings (SSSR count). The highest BCUT2D eigenvalue weighted by Crippen LogP contribution is 2.24. The molecular formula is C20H23N3O3S. The van der Waals surface area contributed by atoms with Crippen LogP contribution in [-0.4, -0.2) is 41.6 Å². The third-order valence-corrected chi connectivity index (χ3v) is 5.29. The van der Waals surface area contributed by atoms with Gasteiger partial charge in [-0.25, -0.2) is 4.98 Å². The number of carbonyl (C=O) groups is 2. The van der Waals surface area contributed by atoms with E-state index in [9.17, 15) is 9.59 Å². The molecule has 7 heteroatoms. The van der Waals surface area contributed by atoms with E-state index in [2.05, 4.69) is 15.2 Å². The summed E-state index contributed by atoms with van der Waals surface area (Å²) in [6.07, 6.45) is 4.32. The smallest absolute Gasteiger partial charge is 0.286 e. The van der Waals surface area contributed by atoms with Crippen molar-refractivity contribution >= 4 is 28.7 Å². The highest BCUT2D eigenvalue weighted by molar-refractivity contribution is 8.15. The van der Waals surface area contributed by atoms with Gasteiger partial charge in [0.2, 0.25) is 5.91 Å². The zero-order valence-electron chi connectivity index (χ0n) is 15.3. The van der Waals surface area contributed by atoms with E-state index in [4.69, 9.17) is 4.74 Å². The number of imide groups is 1. The number of anilines is 1. The second-order valence-electron chi connectivity index (χ2n) is 6.40. The summed E-state index contributed by atoms with van der Waals surface area (Å²) >= 11 is 1.05. The van der Waals surface area contributed by atoms with Crippen molar-refractivity contribution in [1.82, 2.24) is 10.3 Å². The van der Waals surface area contributed by atoms with Crippen LogP contribution in [0.1, 0.15) is 18.4 Å². The van der Waals surface area contributed by atoms with Crippen LogP contribution < -0.4 is 15.0 Å². The van der Waals surface area contributed by atoms with Gasteiger partial charge in [0.15, 0.2) is 0 Å². The number of rotatable bonds is 9. The van der Waals surface area contributed by atoms with Crippen molar-refractivity contribution in [1.29, 1.82) is 0 Å². The Morgan fingerprint density at radius 2 is 1.96 bits per heavy atom. The number of pyridine rings is 1. The number of hydrogen-bond donors (Lipinski definition) is 1. The van der Waals surface area contributed by atoms with Crippen molar-refractivity contribution in [3.8, 4) is 5.75 Å². The fourth-order valence-corrected chi connectivity index (χ4v) is 3.66. The average molecular weight is 385 g/mol. The Morgan fingerprint density at radius 3 is 2.63 bits per heavy atom. The van der Waals surface area contributed by atoms with E-state index in [-0.39, 0.29) is 16.4 Å². The predicted octanol–water partition coefficient (Wildman–Crippen LogP) is 3.27. The maximum Gasteiger partial charge on any atom is 0.286 e. The van der Waals surface area contributed by atoms with Gasteiger partial charge in [0.1, 0.15) is 11.6 Å². The van der Waals surface area contributed by atoms with Crippen molar-refractivity contribution in [2.24, 2.45) is 0 Å². The largest absolute Gasteiger partial charge is 0.494 e. The summed E-state index contributed by atoms with van der Waals surface area (Å²) in [6, 6.07) is 13.6. The van der Waals surface area contributed by atoms with Crippen molar-refractivity contribution < 1.29 is 14.3 Å². The van der Waals surface area contributed by atoms with Crippen LogP contribution in [-0.2, 0) is 11.2 Å². The molecule has 1 fully saturated rings. The molecule has 2 amide bonds. The normalized spacial score (nSPS) is 16.3. The first kappa shape index (κ1) is 19.2. The van der Waals surface area contributed by atoms with Gasteiger partial charge < -0.3 is 9.64 Å². The van der Waals surface area contributed by atoms with Gasteiger partial charge in [-0.3, -0.25) is 14.9 Å². The number of ether oxygens (including phenoxy) is 1. The minimum atomic E-state index is -0.333. The summed E-state index contributed by atoms with van der Waals surface area (Å²) in [6.45, 7) is 1.59. The highest BCUT2D eigenvalue weighted by Gasteiger charge is 2.31. The molecule has 142 valence electrons. The topological polar surface area (TPSA) is 71.5 Å². The fraction of sp³-hybridized carbons (Fsp3) is 0.350. The van der Waals surface area contributed by atoms with Crippen LogP contribution in [0.15, 0.2) is 48.7 Å². The monoisotopic (exact) mass is 385 g/mol. The molecule has 1 aromatic carbocycles.